The van der Waals surface area contributed by atoms with Crippen molar-refractivity contribution in [1.82, 2.24) is 4.90 Å². The summed E-state index contributed by atoms with van der Waals surface area (Å²) in [6, 6.07) is 21.1. The van der Waals surface area contributed by atoms with E-state index in [4.69, 9.17) is 18.9 Å². The van der Waals surface area contributed by atoms with Crippen LogP contribution in [-0.2, 0) is 27.5 Å². The average Bonchev–Trinajstić information content (AvgIpc) is 3.00. The molecule has 0 aliphatic heterocycles. The van der Waals surface area contributed by atoms with E-state index in [0.29, 0.717) is 24.2 Å². The number of nitro benzene ring substituents is 1. The Morgan fingerprint density at radius 1 is 0.881 bits per heavy atom. The summed E-state index contributed by atoms with van der Waals surface area (Å²) >= 11 is 0. The molecular weight excluding hydrogens is 546 g/mol. The van der Waals surface area contributed by atoms with Gasteiger partial charge in [0.05, 0.1) is 4.92 Å². The smallest absolute Gasteiger partial charge is 0.429 e. The van der Waals surface area contributed by atoms with E-state index in [1.807, 2.05) is 0 Å². The van der Waals surface area contributed by atoms with Crippen LogP contribution in [0.2, 0.25) is 0 Å². The molecule has 42 heavy (non-hydrogen) atoms. The molecule has 0 aliphatic rings. The molecule has 0 fully saturated rings. The molecule has 3 rings (SSSR count). The first kappa shape index (κ1) is 30.8. The Kier molecular flexibility index (Phi) is 11.1. The molecule has 12 nitrogen and oxygen atoms in total. The van der Waals surface area contributed by atoms with E-state index in [-0.39, 0.29) is 24.4 Å². The molecule has 0 saturated carbocycles. The number of rotatable bonds is 11. The van der Waals surface area contributed by atoms with Crippen molar-refractivity contribution in [3.8, 4) is 17.6 Å². The van der Waals surface area contributed by atoms with Crippen molar-refractivity contribution in [2.24, 2.45) is 0 Å². The zero-order valence-electron chi connectivity index (χ0n) is 22.8. The van der Waals surface area contributed by atoms with Crippen LogP contribution in [0.3, 0.4) is 0 Å². The maximum absolute atomic E-state index is 12.8. The average molecular weight is 574 g/mol. The highest BCUT2D eigenvalue weighted by atomic mass is 16.7. The van der Waals surface area contributed by atoms with Gasteiger partial charge in [-0.2, -0.15) is 5.26 Å². The summed E-state index contributed by atoms with van der Waals surface area (Å²) in [6.45, 7) is 3.76. The molecule has 0 radical (unpaired) electrons. The van der Waals surface area contributed by atoms with Crippen molar-refractivity contribution in [3.05, 3.63) is 105 Å². The summed E-state index contributed by atoms with van der Waals surface area (Å²) < 4.78 is 20.5. The second-order valence-corrected chi connectivity index (χ2v) is 8.52. The quantitative estimate of drug-likeness (QED) is 0.0685. The molecule has 0 N–H and O–H groups in total. The third-order valence-corrected chi connectivity index (χ3v) is 5.74. The molecule has 0 saturated heterocycles. The summed E-state index contributed by atoms with van der Waals surface area (Å²) in [5, 5.41) is 21.6. The van der Waals surface area contributed by atoms with Gasteiger partial charge >= 0.3 is 18.0 Å². The lowest BCUT2D eigenvalue weighted by Crippen LogP contribution is -2.31. The van der Waals surface area contributed by atoms with Crippen LogP contribution in [-0.4, -0.2) is 41.1 Å². The molecular formula is C30H27N3O9. The van der Waals surface area contributed by atoms with E-state index < -0.39 is 40.3 Å². The standard InChI is InChI=1S/C30H27N3O9/c1-3-32(4-2)28(34)24(18-31)15-23-16-25(33(37)38)27(42-30(36)40-20-22-13-9-6-10-14-22)26(17-23)41-29(35)39-19-21-11-7-5-8-12-21/h5-17H,3-4,19-20H2,1-2H3/b24-15+. The first-order chi connectivity index (χ1) is 20.2. The predicted molar refractivity (Wildman–Crippen MR) is 149 cm³/mol. The molecule has 0 bridgehead atoms. The molecule has 0 atom stereocenters. The minimum atomic E-state index is -1.30. The third kappa shape index (κ3) is 8.65. The number of nitriles is 1. The summed E-state index contributed by atoms with van der Waals surface area (Å²) in [4.78, 5) is 50.4. The van der Waals surface area contributed by atoms with Gasteiger partial charge in [0.1, 0.15) is 24.9 Å². The Morgan fingerprint density at radius 3 is 1.88 bits per heavy atom. The first-order valence-electron chi connectivity index (χ1n) is 12.8. The van der Waals surface area contributed by atoms with Crippen LogP contribution >= 0.6 is 0 Å². The zero-order valence-corrected chi connectivity index (χ0v) is 22.8. The van der Waals surface area contributed by atoms with Crippen LogP contribution in [0.4, 0.5) is 15.3 Å². The topological polar surface area (TPSA) is 158 Å². The lowest BCUT2D eigenvalue weighted by atomic mass is 10.1. The molecule has 216 valence electrons. The Labute approximate surface area is 241 Å². The van der Waals surface area contributed by atoms with Gasteiger partial charge in [-0.3, -0.25) is 14.9 Å². The molecule has 3 aromatic rings. The normalized spacial score (nSPS) is 10.6. The maximum atomic E-state index is 12.8. The maximum Gasteiger partial charge on any atom is 0.514 e. The fourth-order valence-electron chi connectivity index (χ4n) is 3.66. The highest BCUT2D eigenvalue weighted by Crippen LogP contribution is 2.40. The number of nitro groups is 1. The molecule has 12 heteroatoms. The number of likely N-dealkylation sites (N-methyl/N-ethyl adjacent to an activating group) is 1. The summed E-state index contributed by atoms with van der Waals surface area (Å²) in [6.07, 6.45) is -1.45. The second-order valence-electron chi connectivity index (χ2n) is 8.52. The molecule has 0 spiro atoms. The van der Waals surface area contributed by atoms with Crippen molar-refractivity contribution in [2.45, 2.75) is 27.1 Å². The molecule has 1 amide bonds. The number of hydrogen-bond acceptors (Lipinski definition) is 10. The van der Waals surface area contributed by atoms with Crippen LogP contribution in [0.1, 0.15) is 30.5 Å². The largest absolute Gasteiger partial charge is 0.514 e. The summed E-state index contributed by atoms with van der Waals surface area (Å²) in [5.41, 5.74) is 0.119. The fourth-order valence-corrected chi connectivity index (χ4v) is 3.66. The van der Waals surface area contributed by atoms with Crippen LogP contribution < -0.4 is 9.47 Å². The van der Waals surface area contributed by atoms with Crippen molar-refractivity contribution >= 4 is 30.0 Å². The predicted octanol–water partition coefficient (Wildman–Crippen LogP) is 5.80. The van der Waals surface area contributed by atoms with E-state index in [0.717, 1.165) is 18.2 Å². The van der Waals surface area contributed by atoms with Crippen LogP contribution in [0, 0.1) is 21.4 Å². The van der Waals surface area contributed by atoms with Crippen molar-refractivity contribution in [2.75, 3.05) is 13.1 Å². The molecule has 0 unspecified atom stereocenters. The number of ether oxygens (including phenoxy) is 4. The zero-order chi connectivity index (χ0) is 30.5. The lowest BCUT2D eigenvalue weighted by Gasteiger charge is -2.17. The fraction of sp³-hybridized carbons (Fsp3) is 0.200. The Morgan fingerprint density at radius 2 is 1.40 bits per heavy atom. The van der Waals surface area contributed by atoms with Gasteiger partial charge in [-0.15, -0.1) is 0 Å². The van der Waals surface area contributed by atoms with Gasteiger partial charge in [0.15, 0.2) is 5.75 Å². The summed E-state index contributed by atoms with van der Waals surface area (Å²) in [5.74, 6) is -1.90. The van der Waals surface area contributed by atoms with Gasteiger partial charge in [0.2, 0.25) is 0 Å². The Hall–Kier alpha value is -5.70. The third-order valence-electron chi connectivity index (χ3n) is 5.74. The Balaban J connectivity index is 1.97. The van der Waals surface area contributed by atoms with Gasteiger partial charge in [-0.1, -0.05) is 60.7 Å². The number of nitrogens with zero attached hydrogens (tertiary/aromatic N) is 3. The van der Waals surface area contributed by atoms with E-state index >= 15 is 0 Å². The molecule has 0 heterocycles. The van der Waals surface area contributed by atoms with Crippen LogP contribution in [0.25, 0.3) is 6.08 Å². The van der Waals surface area contributed by atoms with Gasteiger partial charge < -0.3 is 23.8 Å². The van der Waals surface area contributed by atoms with E-state index in [2.05, 4.69) is 0 Å². The number of amides is 1. The Bertz CT molecular complexity index is 1500. The van der Waals surface area contributed by atoms with E-state index in [1.54, 1.807) is 80.6 Å². The minimum absolute atomic E-state index is 0.0466. The first-order valence-corrected chi connectivity index (χ1v) is 12.8. The van der Waals surface area contributed by atoms with Gasteiger partial charge in [0, 0.05) is 19.2 Å². The number of benzene rings is 3. The van der Waals surface area contributed by atoms with E-state index in [1.165, 1.54) is 4.90 Å². The van der Waals surface area contributed by atoms with Crippen molar-refractivity contribution in [1.29, 1.82) is 5.26 Å². The van der Waals surface area contributed by atoms with Gasteiger partial charge in [0.25, 0.3) is 11.7 Å². The van der Waals surface area contributed by atoms with Gasteiger partial charge in [-0.25, -0.2) is 9.59 Å². The lowest BCUT2D eigenvalue weighted by molar-refractivity contribution is -0.385. The SMILES string of the molecule is CCN(CC)C(=O)/C(C#N)=C/c1cc(OC(=O)OCc2ccccc2)c(OC(=O)OCc2ccccc2)c([N+](=O)[O-])c1. The highest BCUT2D eigenvalue weighted by Gasteiger charge is 2.28. The van der Waals surface area contributed by atoms with Crippen LogP contribution in [0.15, 0.2) is 78.4 Å². The molecule has 0 aliphatic carbocycles. The molecule has 0 aromatic heterocycles. The number of carbonyl (C=O) groups excluding carboxylic acids is 3. The van der Waals surface area contributed by atoms with Crippen molar-refractivity contribution < 1.29 is 38.3 Å². The summed E-state index contributed by atoms with van der Waals surface area (Å²) in [7, 11) is 0. The second kappa shape index (κ2) is 15.2. The van der Waals surface area contributed by atoms with E-state index in [9.17, 15) is 29.8 Å². The number of hydrogen-bond donors (Lipinski definition) is 0. The van der Waals surface area contributed by atoms with Crippen LogP contribution in [0.5, 0.6) is 11.5 Å². The number of carbonyl (C=O) groups is 3. The monoisotopic (exact) mass is 573 g/mol. The van der Waals surface area contributed by atoms with Crippen molar-refractivity contribution in [3.63, 3.8) is 0 Å². The molecule has 3 aromatic carbocycles. The minimum Gasteiger partial charge on any atom is -0.429 e. The highest BCUT2D eigenvalue weighted by molar-refractivity contribution is 6.01. The van der Waals surface area contributed by atoms with Gasteiger partial charge in [-0.05, 0) is 42.7 Å².